The zero-order valence-electron chi connectivity index (χ0n) is 14.7. The molecule has 3 rings (SSSR count). The molecular formula is C20H19NO6. The number of hydrogen-bond donors (Lipinski definition) is 1. The maximum Gasteiger partial charge on any atom is 0.378 e. The highest BCUT2D eigenvalue weighted by Gasteiger charge is 2.28. The number of ether oxygens (including phenoxy) is 4. The lowest BCUT2D eigenvalue weighted by Gasteiger charge is -2.20. The van der Waals surface area contributed by atoms with Gasteiger partial charge in [0.05, 0.1) is 7.11 Å². The molecule has 0 unspecified atom stereocenters. The van der Waals surface area contributed by atoms with E-state index in [-0.39, 0.29) is 12.4 Å². The predicted molar refractivity (Wildman–Crippen MR) is 96.9 cm³/mol. The fourth-order valence-electron chi connectivity index (χ4n) is 2.42. The SMILES string of the molecule is COc1ccc(NC(=O)[C@H](OC(=O)C2=COCCO2)c2ccccc2)cc1. The molecule has 7 heteroatoms. The van der Waals surface area contributed by atoms with Crippen LogP contribution in [0, 0.1) is 0 Å². The van der Waals surface area contributed by atoms with Crippen LogP contribution in [0.2, 0.25) is 0 Å². The molecule has 2 aromatic carbocycles. The smallest absolute Gasteiger partial charge is 0.378 e. The number of amides is 1. The minimum Gasteiger partial charge on any atom is -0.497 e. The molecule has 0 saturated carbocycles. The van der Waals surface area contributed by atoms with Gasteiger partial charge in [-0.25, -0.2) is 4.79 Å². The summed E-state index contributed by atoms with van der Waals surface area (Å²) < 4.78 is 20.8. The van der Waals surface area contributed by atoms with Crippen LogP contribution < -0.4 is 10.1 Å². The van der Waals surface area contributed by atoms with E-state index in [4.69, 9.17) is 18.9 Å². The maximum atomic E-state index is 12.8. The Balaban J connectivity index is 1.77. The van der Waals surface area contributed by atoms with Crippen LogP contribution in [0.1, 0.15) is 11.7 Å². The van der Waals surface area contributed by atoms with Gasteiger partial charge in [-0.3, -0.25) is 4.79 Å². The second kappa shape index (κ2) is 8.75. The molecule has 1 amide bonds. The molecule has 1 atom stereocenters. The van der Waals surface area contributed by atoms with Crippen molar-refractivity contribution in [2.45, 2.75) is 6.10 Å². The van der Waals surface area contributed by atoms with Crippen LogP contribution in [0.3, 0.4) is 0 Å². The maximum absolute atomic E-state index is 12.8. The number of hydrogen-bond acceptors (Lipinski definition) is 6. The lowest BCUT2D eigenvalue weighted by Crippen LogP contribution is -2.27. The summed E-state index contributed by atoms with van der Waals surface area (Å²) in [5.41, 5.74) is 1.09. The summed E-state index contributed by atoms with van der Waals surface area (Å²) in [5.74, 6) is -0.662. The number of nitrogens with one attached hydrogen (secondary N) is 1. The quantitative estimate of drug-likeness (QED) is 0.789. The fourth-order valence-corrected chi connectivity index (χ4v) is 2.42. The average molecular weight is 369 g/mol. The minimum absolute atomic E-state index is 0.0700. The molecule has 0 radical (unpaired) electrons. The van der Waals surface area contributed by atoms with Gasteiger partial charge in [0, 0.05) is 11.3 Å². The number of anilines is 1. The van der Waals surface area contributed by atoms with E-state index in [1.165, 1.54) is 6.26 Å². The van der Waals surface area contributed by atoms with Gasteiger partial charge in [-0.2, -0.15) is 0 Å². The largest absolute Gasteiger partial charge is 0.497 e. The molecule has 0 spiro atoms. The fraction of sp³-hybridized carbons (Fsp3) is 0.200. The molecule has 0 bridgehead atoms. The van der Waals surface area contributed by atoms with Crippen molar-refractivity contribution in [2.75, 3.05) is 25.6 Å². The van der Waals surface area contributed by atoms with E-state index in [9.17, 15) is 9.59 Å². The second-order valence-electron chi connectivity index (χ2n) is 5.62. The van der Waals surface area contributed by atoms with Gasteiger partial charge in [0.2, 0.25) is 11.9 Å². The lowest BCUT2D eigenvalue weighted by molar-refractivity contribution is -0.155. The first-order valence-corrected chi connectivity index (χ1v) is 8.33. The Morgan fingerprint density at radius 2 is 1.78 bits per heavy atom. The van der Waals surface area contributed by atoms with Gasteiger partial charge < -0.3 is 24.3 Å². The van der Waals surface area contributed by atoms with E-state index in [1.54, 1.807) is 55.6 Å². The van der Waals surface area contributed by atoms with Crippen molar-refractivity contribution in [3.63, 3.8) is 0 Å². The minimum atomic E-state index is -1.15. The average Bonchev–Trinajstić information content (AvgIpc) is 2.73. The zero-order chi connectivity index (χ0) is 19.1. The Kier molecular flexibility index (Phi) is 5.94. The molecule has 1 aliphatic rings. The summed E-state index contributed by atoms with van der Waals surface area (Å²) in [6, 6.07) is 15.6. The van der Waals surface area contributed by atoms with Gasteiger partial charge in [0.1, 0.15) is 25.2 Å². The molecule has 140 valence electrons. The van der Waals surface area contributed by atoms with Gasteiger partial charge >= 0.3 is 5.97 Å². The lowest BCUT2D eigenvalue weighted by atomic mass is 10.1. The van der Waals surface area contributed by atoms with Gasteiger partial charge in [-0.1, -0.05) is 30.3 Å². The Morgan fingerprint density at radius 1 is 1.04 bits per heavy atom. The van der Waals surface area contributed by atoms with E-state index in [0.29, 0.717) is 23.6 Å². The Bertz CT molecular complexity index is 816. The number of benzene rings is 2. The molecule has 0 aliphatic carbocycles. The number of carbonyl (C=O) groups is 2. The Hall–Kier alpha value is -3.48. The summed E-state index contributed by atoms with van der Waals surface area (Å²) in [4.78, 5) is 25.1. The van der Waals surface area contributed by atoms with Crippen LogP contribution in [-0.2, 0) is 23.8 Å². The molecule has 7 nitrogen and oxygen atoms in total. The van der Waals surface area contributed by atoms with Crippen molar-refractivity contribution in [3.8, 4) is 5.75 Å². The van der Waals surface area contributed by atoms with Crippen molar-refractivity contribution in [1.82, 2.24) is 0 Å². The monoisotopic (exact) mass is 369 g/mol. The molecule has 0 aromatic heterocycles. The first-order chi connectivity index (χ1) is 13.2. The van der Waals surface area contributed by atoms with Crippen molar-refractivity contribution in [1.29, 1.82) is 0 Å². The number of carbonyl (C=O) groups excluding carboxylic acids is 2. The van der Waals surface area contributed by atoms with Gasteiger partial charge in [0.25, 0.3) is 5.91 Å². The van der Waals surface area contributed by atoms with Crippen LogP contribution in [0.25, 0.3) is 0 Å². The highest BCUT2D eigenvalue weighted by molar-refractivity contribution is 5.97. The Morgan fingerprint density at radius 3 is 2.41 bits per heavy atom. The van der Waals surface area contributed by atoms with Gasteiger partial charge in [0.15, 0.2) is 0 Å². The van der Waals surface area contributed by atoms with E-state index >= 15 is 0 Å². The molecule has 1 heterocycles. The standard InChI is InChI=1S/C20H19NO6/c1-24-16-9-7-15(8-10-16)21-19(22)18(14-5-3-2-4-6-14)27-20(23)17-13-25-11-12-26-17/h2-10,13,18H,11-12H2,1H3,(H,21,22)/t18-/m1/s1. The van der Waals surface area contributed by atoms with Crippen molar-refractivity contribution >= 4 is 17.6 Å². The first kappa shape index (κ1) is 18.3. The highest BCUT2D eigenvalue weighted by Crippen LogP contribution is 2.23. The molecule has 0 saturated heterocycles. The summed E-state index contributed by atoms with van der Waals surface area (Å²) in [7, 11) is 1.56. The molecule has 27 heavy (non-hydrogen) atoms. The summed E-state index contributed by atoms with van der Waals surface area (Å²) >= 11 is 0. The third kappa shape index (κ3) is 4.78. The summed E-state index contributed by atoms with van der Waals surface area (Å²) in [6.07, 6.45) is 0.0437. The third-order valence-electron chi connectivity index (χ3n) is 3.77. The van der Waals surface area contributed by atoms with Gasteiger partial charge in [-0.15, -0.1) is 0 Å². The summed E-state index contributed by atoms with van der Waals surface area (Å²) in [5, 5.41) is 2.74. The number of methoxy groups -OCH3 is 1. The first-order valence-electron chi connectivity index (χ1n) is 8.33. The zero-order valence-corrected chi connectivity index (χ0v) is 14.7. The Labute approximate surface area is 156 Å². The van der Waals surface area contributed by atoms with Crippen molar-refractivity contribution in [2.24, 2.45) is 0 Å². The highest BCUT2D eigenvalue weighted by atomic mass is 16.6. The van der Waals surface area contributed by atoms with Crippen molar-refractivity contribution < 1.29 is 28.5 Å². The van der Waals surface area contributed by atoms with Crippen molar-refractivity contribution in [3.05, 3.63) is 72.2 Å². The van der Waals surface area contributed by atoms with Crippen LogP contribution in [0.15, 0.2) is 66.6 Å². The third-order valence-corrected chi connectivity index (χ3v) is 3.77. The topological polar surface area (TPSA) is 83.1 Å². The summed E-state index contributed by atoms with van der Waals surface area (Å²) in [6.45, 7) is 0.603. The number of rotatable bonds is 6. The number of esters is 1. The van der Waals surface area contributed by atoms with Crippen LogP contribution in [0.4, 0.5) is 5.69 Å². The van der Waals surface area contributed by atoms with Gasteiger partial charge in [-0.05, 0) is 24.3 Å². The molecule has 1 aliphatic heterocycles. The molecular weight excluding hydrogens is 350 g/mol. The van der Waals surface area contributed by atoms with Crippen LogP contribution in [-0.4, -0.2) is 32.2 Å². The van der Waals surface area contributed by atoms with E-state index in [2.05, 4.69) is 5.32 Å². The molecule has 0 fully saturated rings. The predicted octanol–water partition coefficient (Wildman–Crippen LogP) is 2.81. The van der Waals surface area contributed by atoms with Crippen LogP contribution >= 0.6 is 0 Å². The second-order valence-corrected chi connectivity index (χ2v) is 5.62. The van der Waals surface area contributed by atoms with Crippen LogP contribution in [0.5, 0.6) is 5.75 Å². The van der Waals surface area contributed by atoms with E-state index < -0.39 is 18.0 Å². The molecule has 2 aromatic rings. The molecule has 1 N–H and O–H groups in total. The van der Waals surface area contributed by atoms with E-state index in [1.807, 2.05) is 6.07 Å². The van der Waals surface area contributed by atoms with E-state index in [0.717, 1.165) is 0 Å². The normalized spacial score (nSPS) is 14.0.